The Hall–Kier alpha value is -2.25. The standard InChI is InChI=1S/C19H19ClN2O4S/c1-12-3-6-15(7-4-12)22-11-13-10-19(13,27(22,24)25)18(23)21-14-5-8-17(26-2)16(20)9-14/h3-9,13H,10-11H2,1-2H3,(H,21,23)/t13-,19+/m1/s1. The molecule has 0 radical (unpaired) electrons. The van der Waals surface area contributed by atoms with E-state index in [2.05, 4.69) is 5.32 Å². The Morgan fingerprint density at radius 3 is 2.59 bits per heavy atom. The molecule has 142 valence electrons. The Morgan fingerprint density at radius 1 is 1.26 bits per heavy atom. The molecule has 1 saturated heterocycles. The predicted octanol–water partition coefficient (Wildman–Crippen LogP) is 3.20. The van der Waals surface area contributed by atoms with Crippen LogP contribution in [0.2, 0.25) is 5.02 Å². The van der Waals surface area contributed by atoms with Gasteiger partial charge in [0.25, 0.3) is 0 Å². The van der Waals surface area contributed by atoms with E-state index < -0.39 is 20.7 Å². The molecule has 2 aliphatic rings. The summed E-state index contributed by atoms with van der Waals surface area (Å²) in [6, 6.07) is 12.1. The molecule has 2 aromatic rings. The molecule has 1 saturated carbocycles. The maximum Gasteiger partial charge on any atom is 0.250 e. The minimum atomic E-state index is -3.80. The number of carbonyl (C=O) groups is 1. The summed E-state index contributed by atoms with van der Waals surface area (Å²) in [5.74, 6) is -0.239. The van der Waals surface area contributed by atoms with Crippen molar-refractivity contribution >= 4 is 38.9 Å². The van der Waals surface area contributed by atoms with Crippen LogP contribution < -0.4 is 14.4 Å². The van der Waals surface area contributed by atoms with E-state index in [1.165, 1.54) is 11.4 Å². The van der Waals surface area contributed by atoms with Gasteiger partial charge in [0.2, 0.25) is 15.9 Å². The van der Waals surface area contributed by atoms with E-state index in [0.717, 1.165) is 5.56 Å². The molecule has 1 heterocycles. The molecule has 0 bridgehead atoms. The number of methoxy groups -OCH3 is 1. The van der Waals surface area contributed by atoms with Crippen LogP contribution in [-0.4, -0.2) is 32.7 Å². The van der Waals surface area contributed by atoms with Crippen LogP contribution >= 0.6 is 11.6 Å². The summed E-state index contributed by atoms with van der Waals surface area (Å²) in [5.41, 5.74) is 2.08. The SMILES string of the molecule is COc1ccc(NC(=O)[C@]23C[C@@H]2CN(c2ccc(C)cc2)S3(=O)=O)cc1Cl. The fourth-order valence-corrected chi connectivity index (χ4v) is 6.28. The van der Waals surface area contributed by atoms with Gasteiger partial charge in [0.1, 0.15) is 5.75 Å². The largest absolute Gasteiger partial charge is 0.495 e. The average Bonchev–Trinajstić information content (AvgIpc) is 3.32. The van der Waals surface area contributed by atoms with Crippen LogP contribution in [-0.2, 0) is 14.8 Å². The monoisotopic (exact) mass is 406 g/mol. The molecule has 2 aromatic carbocycles. The molecule has 6 nitrogen and oxygen atoms in total. The summed E-state index contributed by atoms with van der Waals surface area (Å²) >= 11 is 6.09. The van der Waals surface area contributed by atoms with Crippen molar-refractivity contribution in [3.8, 4) is 5.75 Å². The quantitative estimate of drug-likeness (QED) is 0.845. The van der Waals surface area contributed by atoms with Gasteiger partial charge in [0.05, 0.1) is 17.8 Å². The highest BCUT2D eigenvalue weighted by atomic mass is 35.5. The summed E-state index contributed by atoms with van der Waals surface area (Å²) < 4.78 is 31.4. The van der Waals surface area contributed by atoms with Gasteiger partial charge in [-0.1, -0.05) is 29.3 Å². The number of sulfonamides is 1. The van der Waals surface area contributed by atoms with Crippen molar-refractivity contribution in [2.75, 3.05) is 23.3 Å². The van der Waals surface area contributed by atoms with E-state index in [4.69, 9.17) is 16.3 Å². The molecule has 8 heteroatoms. The second kappa shape index (κ2) is 6.14. The highest BCUT2D eigenvalue weighted by molar-refractivity contribution is 7.95. The van der Waals surface area contributed by atoms with E-state index in [-0.39, 0.29) is 5.92 Å². The summed E-state index contributed by atoms with van der Waals surface area (Å²) in [4.78, 5) is 12.9. The molecule has 1 N–H and O–H groups in total. The van der Waals surface area contributed by atoms with Crippen LogP contribution in [0.4, 0.5) is 11.4 Å². The maximum atomic E-state index is 13.2. The zero-order valence-corrected chi connectivity index (χ0v) is 16.5. The number of rotatable bonds is 4. The van der Waals surface area contributed by atoms with E-state index in [0.29, 0.717) is 35.1 Å². The summed E-state index contributed by atoms with van der Waals surface area (Å²) in [6.07, 6.45) is 0.341. The Kier molecular flexibility index (Phi) is 4.12. The Balaban J connectivity index is 1.60. The first-order valence-corrected chi connectivity index (χ1v) is 10.4. The maximum absolute atomic E-state index is 13.2. The van der Waals surface area contributed by atoms with Crippen molar-refractivity contribution < 1.29 is 17.9 Å². The van der Waals surface area contributed by atoms with Gasteiger partial charge in [-0.05, 0) is 43.7 Å². The lowest BCUT2D eigenvalue weighted by atomic mass is 10.2. The van der Waals surface area contributed by atoms with Crippen molar-refractivity contribution in [1.29, 1.82) is 0 Å². The molecule has 2 atom stereocenters. The van der Waals surface area contributed by atoms with Crippen LogP contribution in [0.3, 0.4) is 0 Å². The van der Waals surface area contributed by atoms with Crippen molar-refractivity contribution in [2.24, 2.45) is 5.92 Å². The van der Waals surface area contributed by atoms with Crippen molar-refractivity contribution in [1.82, 2.24) is 0 Å². The molecular weight excluding hydrogens is 388 g/mol. The van der Waals surface area contributed by atoms with Gasteiger partial charge >= 0.3 is 0 Å². The average molecular weight is 407 g/mol. The molecule has 2 fully saturated rings. The van der Waals surface area contributed by atoms with Gasteiger partial charge in [0, 0.05) is 18.2 Å². The number of ether oxygens (including phenoxy) is 1. The third kappa shape index (κ3) is 2.68. The fraction of sp³-hybridized carbons (Fsp3) is 0.316. The number of carbonyl (C=O) groups excluding carboxylic acids is 1. The first-order chi connectivity index (χ1) is 12.8. The molecular formula is C19H19ClN2O4S. The minimum Gasteiger partial charge on any atom is -0.495 e. The van der Waals surface area contributed by atoms with Gasteiger partial charge in [-0.3, -0.25) is 9.10 Å². The predicted molar refractivity (Wildman–Crippen MR) is 105 cm³/mol. The topological polar surface area (TPSA) is 75.7 Å². The Labute approximate surface area is 163 Å². The van der Waals surface area contributed by atoms with Gasteiger partial charge in [-0.2, -0.15) is 0 Å². The third-order valence-electron chi connectivity index (χ3n) is 5.30. The Morgan fingerprint density at radius 2 is 1.96 bits per heavy atom. The molecule has 1 aliphatic carbocycles. The minimum absolute atomic E-state index is 0.211. The number of nitrogens with one attached hydrogen (secondary N) is 1. The van der Waals surface area contributed by atoms with E-state index in [9.17, 15) is 13.2 Å². The lowest BCUT2D eigenvalue weighted by Crippen LogP contribution is -2.42. The number of nitrogens with zero attached hydrogens (tertiary/aromatic N) is 1. The third-order valence-corrected chi connectivity index (χ3v) is 8.14. The molecule has 0 aromatic heterocycles. The number of hydrogen-bond acceptors (Lipinski definition) is 4. The normalized spacial score (nSPS) is 25.0. The summed E-state index contributed by atoms with van der Waals surface area (Å²) in [7, 11) is -2.30. The van der Waals surface area contributed by atoms with Crippen molar-refractivity contribution in [3.05, 3.63) is 53.1 Å². The lowest BCUT2D eigenvalue weighted by molar-refractivity contribution is -0.116. The highest BCUT2D eigenvalue weighted by Crippen LogP contribution is 2.58. The van der Waals surface area contributed by atoms with Gasteiger partial charge in [-0.15, -0.1) is 0 Å². The van der Waals surface area contributed by atoms with Crippen LogP contribution in [0.25, 0.3) is 0 Å². The van der Waals surface area contributed by atoms with E-state index in [1.54, 1.807) is 30.3 Å². The van der Waals surface area contributed by atoms with Crippen LogP contribution in [0.1, 0.15) is 12.0 Å². The number of halogens is 1. The molecule has 0 unspecified atom stereocenters. The number of aryl methyl sites for hydroxylation is 1. The zero-order valence-electron chi connectivity index (χ0n) is 14.9. The van der Waals surface area contributed by atoms with Crippen molar-refractivity contribution in [2.45, 2.75) is 18.1 Å². The molecule has 4 rings (SSSR count). The molecule has 1 amide bonds. The zero-order chi connectivity index (χ0) is 19.4. The fourth-order valence-electron chi connectivity index (χ4n) is 3.66. The number of hydrogen-bond donors (Lipinski definition) is 1. The second-order valence-electron chi connectivity index (χ2n) is 6.97. The first-order valence-electron chi connectivity index (χ1n) is 8.53. The van der Waals surface area contributed by atoms with Crippen LogP contribution in [0, 0.1) is 12.8 Å². The van der Waals surface area contributed by atoms with E-state index >= 15 is 0 Å². The molecule has 27 heavy (non-hydrogen) atoms. The van der Waals surface area contributed by atoms with Gasteiger partial charge in [-0.25, -0.2) is 8.42 Å². The first kappa shape index (κ1) is 18.1. The number of fused-ring (bicyclic) bond motifs is 1. The Bertz CT molecular complexity index is 1020. The second-order valence-corrected chi connectivity index (χ2v) is 9.49. The van der Waals surface area contributed by atoms with Crippen molar-refractivity contribution in [3.63, 3.8) is 0 Å². The lowest BCUT2D eigenvalue weighted by Gasteiger charge is -2.23. The van der Waals surface area contributed by atoms with Gasteiger partial charge in [0.15, 0.2) is 4.75 Å². The van der Waals surface area contributed by atoms with E-state index in [1.807, 2.05) is 19.1 Å². The summed E-state index contributed by atoms with van der Waals surface area (Å²) in [5, 5.41) is 3.05. The molecule has 1 aliphatic heterocycles. The number of benzene rings is 2. The number of amides is 1. The smallest absolute Gasteiger partial charge is 0.250 e. The van der Waals surface area contributed by atoms with Crippen LogP contribution in [0.15, 0.2) is 42.5 Å². The van der Waals surface area contributed by atoms with Crippen LogP contribution in [0.5, 0.6) is 5.75 Å². The number of anilines is 2. The van der Waals surface area contributed by atoms with Gasteiger partial charge < -0.3 is 10.1 Å². The molecule has 0 spiro atoms. The summed E-state index contributed by atoms with van der Waals surface area (Å²) in [6.45, 7) is 2.26. The highest BCUT2D eigenvalue weighted by Gasteiger charge is 2.75.